The van der Waals surface area contributed by atoms with E-state index in [1.54, 1.807) is 0 Å². The first-order valence-corrected chi connectivity index (χ1v) is 8.81. The fourth-order valence-corrected chi connectivity index (χ4v) is 3.47. The maximum absolute atomic E-state index is 12.6. The molecule has 1 atom stereocenters. The second kappa shape index (κ2) is 6.66. The molecule has 0 aliphatic heterocycles. The van der Waals surface area contributed by atoms with E-state index >= 15 is 0 Å². The Kier molecular flexibility index (Phi) is 4.85. The summed E-state index contributed by atoms with van der Waals surface area (Å²) in [5.74, 6) is 0.316. The lowest BCUT2D eigenvalue weighted by Crippen LogP contribution is -2.59. The van der Waals surface area contributed by atoms with E-state index in [2.05, 4.69) is 5.32 Å². The molecule has 1 N–H and O–H groups in total. The molecule has 3 aliphatic carbocycles. The zero-order valence-corrected chi connectivity index (χ0v) is 13.2. The van der Waals surface area contributed by atoms with Gasteiger partial charge >= 0.3 is 5.97 Å². The van der Waals surface area contributed by atoms with Gasteiger partial charge in [-0.05, 0) is 51.4 Å². The quantitative estimate of drug-likeness (QED) is 0.700. The van der Waals surface area contributed by atoms with Gasteiger partial charge in [-0.1, -0.05) is 19.3 Å². The molecule has 0 radical (unpaired) electrons. The van der Waals surface area contributed by atoms with Crippen LogP contribution in [0.25, 0.3) is 0 Å². The summed E-state index contributed by atoms with van der Waals surface area (Å²) in [6, 6.07) is 0.491. The molecular formula is C17H29NO3. The summed E-state index contributed by atoms with van der Waals surface area (Å²) in [5, 5.41) is 3.59. The monoisotopic (exact) mass is 295 g/mol. The van der Waals surface area contributed by atoms with Gasteiger partial charge in [0, 0.05) is 6.04 Å². The molecule has 120 valence electrons. The molecule has 0 bridgehead atoms. The van der Waals surface area contributed by atoms with Crippen molar-refractivity contribution in [2.24, 2.45) is 5.92 Å². The van der Waals surface area contributed by atoms with E-state index in [1.807, 2.05) is 6.92 Å². The van der Waals surface area contributed by atoms with Crippen LogP contribution in [0.5, 0.6) is 0 Å². The van der Waals surface area contributed by atoms with Gasteiger partial charge in [-0.2, -0.15) is 0 Å². The highest BCUT2D eigenvalue weighted by atomic mass is 16.5. The Bertz CT molecular complexity index is 359. The minimum atomic E-state index is -0.575. The minimum Gasteiger partial charge on any atom is -0.465 e. The van der Waals surface area contributed by atoms with Gasteiger partial charge in [0.1, 0.15) is 5.54 Å². The van der Waals surface area contributed by atoms with Gasteiger partial charge in [-0.15, -0.1) is 0 Å². The summed E-state index contributed by atoms with van der Waals surface area (Å²) in [6.07, 6.45) is 11.1. The highest BCUT2D eigenvalue weighted by Gasteiger charge is 2.54. The van der Waals surface area contributed by atoms with E-state index in [-0.39, 0.29) is 5.97 Å². The van der Waals surface area contributed by atoms with Gasteiger partial charge in [0.2, 0.25) is 0 Å². The second-order valence-electron chi connectivity index (χ2n) is 6.96. The van der Waals surface area contributed by atoms with Gasteiger partial charge in [-0.25, -0.2) is 4.79 Å². The zero-order valence-electron chi connectivity index (χ0n) is 13.2. The molecule has 0 aromatic rings. The van der Waals surface area contributed by atoms with Crippen molar-refractivity contribution in [1.82, 2.24) is 5.32 Å². The summed E-state index contributed by atoms with van der Waals surface area (Å²) >= 11 is 0. The fraction of sp³-hybridized carbons (Fsp3) is 0.941. The van der Waals surface area contributed by atoms with E-state index in [0.29, 0.717) is 31.3 Å². The summed E-state index contributed by atoms with van der Waals surface area (Å²) in [6.45, 7) is 2.83. The van der Waals surface area contributed by atoms with Crippen LogP contribution in [-0.4, -0.2) is 36.9 Å². The fourth-order valence-electron chi connectivity index (χ4n) is 3.47. The Labute approximate surface area is 127 Å². The molecule has 3 aliphatic rings. The van der Waals surface area contributed by atoms with Crippen molar-refractivity contribution in [3.8, 4) is 0 Å². The van der Waals surface area contributed by atoms with Crippen molar-refractivity contribution in [3.63, 3.8) is 0 Å². The molecule has 1 unspecified atom stereocenters. The highest BCUT2D eigenvalue weighted by Crippen LogP contribution is 2.43. The lowest BCUT2D eigenvalue weighted by atomic mass is 9.92. The van der Waals surface area contributed by atoms with E-state index < -0.39 is 5.54 Å². The number of hydrogen-bond donors (Lipinski definition) is 1. The van der Waals surface area contributed by atoms with Gasteiger partial charge in [0.05, 0.1) is 19.3 Å². The average molecular weight is 295 g/mol. The second-order valence-corrected chi connectivity index (χ2v) is 6.96. The molecule has 3 saturated carbocycles. The highest BCUT2D eigenvalue weighted by molar-refractivity contribution is 5.82. The van der Waals surface area contributed by atoms with Crippen LogP contribution in [0.3, 0.4) is 0 Å². The number of carbonyl (C=O) groups is 1. The lowest BCUT2D eigenvalue weighted by molar-refractivity contribution is -0.157. The van der Waals surface area contributed by atoms with E-state index in [1.165, 1.54) is 32.1 Å². The SMILES string of the molecule is CCOC(=O)C(COC1CCCCC1)(NC1CC1)C1CC1. The Balaban J connectivity index is 1.65. The average Bonchev–Trinajstić information content (AvgIpc) is 3.38. The number of ether oxygens (including phenoxy) is 2. The predicted molar refractivity (Wildman–Crippen MR) is 81.1 cm³/mol. The molecule has 0 saturated heterocycles. The number of hydrogen-bond acceptors (Lipinski definition) is 4. The van der Waals surface area contributed by atoms with Crippen molar-refractivity contribution in [2.45, 2.75) is 82.4 Å². The molecule has 0 amide bonds. The predicted octanol–water partition coefficient (Wildman–Crippen LogP) is 2.80. The molecule has 0 spiro atoms. The number of nitrogens with one attached hydrogen (secondary N) is 1. The van der Waals surface area contributed by atoms with Crippen molar-refractivity contribution < 1.29 is 14.3 Å². The van der Waals surface area contributed by atoms with Crippen molar-refractivity contribution in [1.29, 1.82) is 0 Å². The minimum absolute atomic E-state index is 0.0878. The van der Waals surface area contributed by atoms with Gasteiger partial charge in [0.25, 0.3) is 0 Å². The largest absolute Gasteiger partial charge is 0.465 e. The van der Waals surface area contributed by atoms with E-state index in [4.69, 9.17) is 9.47 Å². The van der Waals surface area contributed by atoms with Gasteiger partial charge in [0.15, 0.2) is 0 Å². The lowest BCUT2D eigenvalue weighted by Gasteiger charge is -2.35. The molecule has 21 heavy (non-hydrogen) atoms. The van der Waals surface area contributed by atoms with Crippen LogP contribution < -0.4 is 5.32 Å². The Morgan fingerprint density at radius 2 is 1.81 bits per heavy atom. The summed E-state index contributed by atoms with van der Waals surface area (Å²) in [4.78, 5) is 12.6. The van der Waals surface area contributed by atoms with Crippen LogP contribution in [0.4, 0.5) is 0 Å². The van der Waals surface area contributed by atoms with Crippen LogP contribution in [0.1, 0.15) is 64.7 Å². The molecule has 4 nitrogen and oxygen atoms in total. The Morgan fingerprint density at radius 3 is 2.38 bits per heavy atom. The molecule has 4 heteroatoms. The van der Waals surface area contributed by atoms with Crippen molar-refractivity contribution in [3.05, 3.63) is 0 Å². The van der Waals surface area contributed by atoms with Crippen molar-refractivity contribution >= 4 is 5.97 Å². The number of carbonyl (C=O) groups excluding carboxylic acids is 1. The first-order valence-electron chi connectivity index (χ1n) is 8.81. The van der Waals surface area contributed by atoms with Gasteiger partial charge in [-0.3, -0.25) is 5.32 Å². The molecule has 0 heterocycles. The molecular weight excluding hydrogens is 266 g/mol. The summed E-state index contributed by atoms with van der Waals surface area (Å²) in [7, 11) is 0. The van der Waals surface area contributed by atoms with E-state index in [9.17, 15) is 4.79 Å². The van der Waals surface area contributed by atoms with Crippen LogP contribution in [0.2, 0.25) is 0 Å². The van der Waals surface area contributed by atoms with Crippen LogP contribution >= 0.6 is 0 Å². The smallest absolute Gasteiger partial charge is 0.329 e. The standard InChI is InChI=1S/C17H29NO3/c1-2-20-16(19)17(13-8-9-13,18-14-10-11-14)12-21-15-6-4-3-5-7-15/h13-15,18H,2-12H2,1H3. The van der Waals surface area contributed by atoms with Crippen LogP contribution in [0, 0.1) is 5.92 Å². The molecule has 3 rings (SSSR count). The number of rotatable bonds is 8. The maximum Gasteiger partial charge on any atom is 0.329 e. The normalized spacial score (nSPS) is 26.3. The van der Waals surface area contributed by atoms with Crippen LogP contribution in [0.15, 0.2) is 0 Å². The molecule has 0 aromatic carbocycles. The summed E-state index contributed by atoms with van der Waals surface area (Å²) < 4.78 is 11.6. The maximum atomic E-state index is 12.6. The molecule has 0 aromatic heterocycles. The van der Waals surface area contributed by atoms with Crippen molar-refractivity contribution in [2.75, 3.05) is 13.2 Å². The van der Waals surface area contributed by atoms with E-state index in [0.717, 1.165) is 25.7 Å². The Hall–Kier alpha value is -0.610. The third kappa shape index (κ3) is 3.78. The first-order chi connectivity index (χ1) is 10.2. The molecule has 3 fully saturated rings. The third-order valence-corrected chi connectivity index (χ3v) is 5.05. The topological polar surface area (TPSA) is 47.6 Å². The zero-order chi connectivity index (χ0) is 14.7. The van der Waals surface area contributed by atoms with Gasteiger partial charge < -0.3 is 9.47 Å². The Morgan fingerprint density at radius 1 is 1.10 bits per heavy atom. The number of esters is 1. The third-order valence-electron chi connectivity index (χ3n) is 5.05. The van der Waals surface area contributed by atoms with Crippen LogP contribution in [-0.2, 0) is 14.3 Å². The first kappa shape index (κ1) is 15.3. The summed E-state index contributed by atoms with van der Waals surface area (Å²) in [5.41, 5.74) is -0.575.